The molecule has 0 spiro atoms. The molecule has 0 radical (unpaired) electrons. The van der Waals surface area contributed by atoms with Gasteiger partial charge in [-0.15, -0.1) is 12.4 Å². The summed E-state index contributed by atoms with van der Waals surface area (Å²) in [6.45, 7) is 1.17. The van der Waals surface area contributed by atoms with Gasteiger partial charge >= 0.3 is 0 Å². The second kappa shape index (κ2) is 9.12. The highest BCUT2D eigenvalue weighted by Crippen LogP contribution is 2.30. The molecule has 0 atom stereocenters. The minimum atomic E-state index is -0.311. The Bertz CT molecular complexity index is 915. The Balaban J connectivity index is 0.00000261. The van der Waals surface area contributed by atoms with Crippen LogP contribution in [0.1, 0.15) is 10.4 Å². The van der Waals surface area contributed by atoms with Gasteiger partial charge in [0.25, 0.3) is 5.91 Å². The van der Waals surface area contributed by atoms with Crippen LogP contribution >= 0.6 is 23.7 Å². The van der Waals surface area contributed by atoms with Gasteiger partial charge in [0.1, 0.15) is 11.6 Å². The molecule has 5 nitrogen and oxygen atoms in total. The number of aromatic nitrogens is 1. The molecule has 3 rings (SSSR count). The SMILES string of the molecule is COc1ccc(C(=O)N(CCN(C)C)c2nc3ccc(F)cc3s2)cc1.Cl. The number of rotatable bonds is 6. The molecule has 8 heteroatoms. The molecular weight excluding hydrogens is 389 g/mol. The largest absolute Gasteiger partial charge is 0.497 e. The van der Waals surface area contributed by atoms with E-state index in [9.17, 15) is 9.18 Å². The predicted octanol–water partition coefficient (Wildman–Crippen LogP) is 4.07. The first kappa shape index (κ1) is 21.1. The molecule has 0 bridgehead atoms. The van der Waals surface area contributed by atoms with Crippen molar-refractivity contribution in [2.24, 2.45) is 0 Å². The summed E-state index contributed by atoms with van der Waals surface area (Å²) >= 11 is 1.31. The molecule has 0 aliphatic rings. The van der Waals surface area contributed by atoms with E-state index in [-0.39, 0.29) is 24.1 Å². The van der Waals surface area contributed by atoms with Crippen molar-refractivity contribution in [2.45, 2.75) is 0 Å². The number of halogens is 2. The minimum absolute atomic E-state index is 0. The zero-order valence-electron chi connectivity index (χ0n) is 15.3. The Morgan fingerprint density at radius 2 is 1.85 bits per heavy atom. The number of carbonyl (C=O) groups excluding carboxylic acids is 1. The summed E-state index contributed by atoms with van der Waals surface area (Å²) in [7, 11) is 5.48. The highest BCUT2D eigenvalue weighted by atomic mass is 35.5. The van der Waals surface area contributed by atoms with Gasteiger partial charge in [-0.05, 0) is 56.6 Å². The van der Waals surface area contributed by atoms with Gasteiger partial charge in [-0.2, -0.15) is 0 Å². The fourth-order valence-corrected chi connectivity index (χ4v) is 3.49. The number of likely N-dealkylation sites (N-methyl/N-ethyl adjacent to an activating group) is 1. The lowest BCUT2D eigenvalue weighted by atomic mass is 10.2. The maximum atomic E-state index is 13.5. The molecule has 0 saturated carbocycles. The lowest BCUT2D eigenvalue weighted by Crippen LogP contribution is -2.36. The molecule has 0 aliphatic carbocycles. The van der Waals surface area contributed by atoms with Crippen LogP contribution < -0.4 is 9.64 Å². The van der Waals surface area contributed by atoms with Crippen LogP contribution in [0.15, 0.2) is 42.5 Å². The van der Waals surface area contributed by atoms with Crippen LogP contribution in [-0.4, -0.2) is 50.1 Å². The van der Waals surface area contributed by atoms with Crippen molar-refractivity contribution in [3.05, 3.63) is 53.8 Å². The van der Waals surface area contributed by atoms with E-state index in [0.717, 1.165) is 4.70 Å². The molecule has 1 aromatic heterocycles. The van der Waals surface area contributed by atoms with E-state index in [1.807, 2.05) is 19.0 Å². The Labute approximate surface area is 167 Å². The van der Waals surface area contributed by atoms with Crippen LogP contribution in [0.3, 0.4) is 0 Å². The molecule has 0 unspecified atom stereocenters. The lowest BCUT2D eigenvalue weighted by molar-refractivity contribution is 0.0985. The summed E-state index contributed by atoms with van der Waals surface area (Å²) in [6, 6.07) is 11.4. The third-order valence-corrected chi connectivity index (χ3v) is 4.96. The maximum Gasteiger partial charge on any atom is 0.260 e. The number of ether oxygens (including phenoxy) is 1. The summed E-state index contributed by atoms with van der Waals surface area (Å²) in [5.74, 6) is 0.236. The Morgan fingerprint density at radius 3 is 2.48 bits per heavy atom. The summed E-state index contributed by atoms with van der Waals surface area (Å²) in [5.41, 5.74) is 1.23. The number of nitrogens with zero attached hydrogens (tertiary/aromatic N) is 3. The number of fused-ring (bicyclic) bond motifs is 1. The van der Waals surface area contributed by atoms with Gasteiger partial charge in [0.15, 0.2) is 5.13 Å². The van der Waals surface area contributed by atoms with Crippen molar-refractivity contribution in [3.63, 3.8) is 0 Å². The third-order valence-electron chi connectivity index (χ3n) is 3.92. The first-order valence-electron chi connectivity index (χ1n) is 8.14. The van der Waals surface area contributed by atoms with Gasteiger partial charge in [-0.1, -0.05) is 11.3 Å². The smallest absolute Gasteiger partial charge is 0.260 e. The topological polar surface area (TPSA) is 45.7 Å². The molecule has 144 valence electrons. The average Bonchev–Trinajstić information content (AvgIpc) is 3.04. The molecule has 0 N–H and O–H groups in total. The minimum Gasteiger partial charge on any atom is -0.497 e. The molecule has 0 fully saturated rings. The van der Waals surface area contributed by atoms with Gasteiger partial charge in [0, 0.05) is 18.7 Å². The van der Waals surface area contributed by atoms with E-state index in [1.54, 1.807) is 42.3 Å². The van der Waals surface area contributed by atoms with Crippen LogP contribution in [-0.2, 0) is 0 Å². The standard InChI is InChI=1S/C19H20FN3O2S.ClH/c1-22(2)10-11-23(18(24)13-4-7-15(25-3)8-5-13)19-21-16-9-6-14(20)12-17(16)26-19;/h4-9,12H,10-11H2,1-3H3;1H. The third kappa shape index (κ3) is 4.94. The van der Waals surface area contributed by atoms with E-state index in [2.05, 4.69) is 4.98 Å². The maximum absolute atomic E-state index is 13.5. The molecule has 1 heterocycles. The van der Waals surface area contributed by atoms with E-state index < -0.39 is 0 Å². The van der Waals surface area contributed by atoms with Crippen LogP contribution in [0.25, 0.3) is 10.2 Å². The molecular formula is C19H21ClFN3O2S. The number of thiazole rings is 1. The fraction of sp³-hybridized carbons (Fsp3) is 0.263. The molecule has 27 heavy (non-hydrogen) atoms. The van der Waals surface area contributed by atoms with Gasteiger partial charge < -0.3 is 9.64 Å². The zero-order valence-corrected chi connectivity index (χ0v) is 16.9. The number of anilines is 1. The number of amides is 1. The molecule has 3 aromatic rings. The lowest BCUT2D eigenvalue weighted by Gasteiger charge is -2.22. The molecule has 1 amide bonds. The zero-order chi connectivity index (χ0) is 18.7. The van der Waals surface area contributed by atoms with Crippen LogP contribution in [0.4, 0.5) is 9.52 Å². The van der Waals surface area contributed by atoms with E-state index >= 15 is 0 Å². The normalized spacial score (nSPS) is 10.7. The van der Waals surface area contributed by atoms with Gasteiger partial charge in [0.05, 0.1) is 17.3 Å². The van der Waals surface area contributed by atoms with Crippen molar-refractivity contribution < 1.29 is 13.9 Å². The Hall–Kier alpha value is -2.22. The number of hydrogen-bond acceptors (Lipinski definition) is 5. The van der Waals surface area contributed by atoms with Crippen molar-refractivity contribution in [3.8, 4) is 5.75 Å². The highest BCUT2D eigenvalue weighted by molar-refractivity contribution is 7.22. The van der Waals surface area contributed by atoms with Gasteiger partial charge in [-0.3, -0.25) is 9.69 Å². The van der Waals surface area contributed by atoms with Crippen LogP contribution in [0.2, 0.25) is 0 Å². The van der Waals surface area contributed by atoms with Crippen molar-refractivity contribution in [1.82, 2.24) is 9.88 Å². The van der Waals surface area contributed by atoms with E-state index in [1.165, 1.54) is 23.5 Å². The summed E-state index contributed by atoms with van der Waals surface area (Å²) < 4.78 is 19.3. The number of methoxy groups -OCH3 is 1. The summed E-state index contributed by atoms with van der Waals surface area (Å²) in [4.78, 5) is 21.2. The first-order chi connectivity index (χ1) is 12.5. The monoisotopic (exact) mass is 409 g/mol. The van der Waals surface area contributed by atoms with E-state index in [4.69, 9.17) is 4.74 Å². The van der Waals surface area contributed by atoms with Crippen LogP contribution in [0, 0.1) is 5.82 Å². The molecule has 0 aliphatic heterocycles. The van der Waals surface area contributed by atoms with Gasteiger partial charge in [0.2, 0.25) is 0 Å². The highest BCUT2D eigenvalue weighted by Gasteiger charge is 2.21. The molecule has 0 saturated heterocycles. The Morgan fingerprint density at radius 1 is 1.15 bits per heavy atom. The van der Waals surface area contributed by atoms with Crippen molar-refractivity contribution in [2.75, 3.05) is 39.2 Å². The Kier molecular flexibility index (Phi) is 7.12. The summed E-state index contributed by atoms with van der Waals surface area (Å²) in [6.07, 6.45) is 0. The first-order valence-corrected chi connectivity index (χ1v) is 8.96. The molecule has 2 aromatic carbocycles. The predicted molar refractivity (Wildman–Crippen MR) is 110 cm³/mol. The summed E-state index contributed by atoms with van der Waals surface area (Å²) in [5, 5.41) is 0.563. The average molecular weight is 410 g/mol. The number of hydrogen-bond donors (Lipinski definition) is 0. The number of carbonyl (C=O) groups is 1. The van der Waals surface area contributed by atoms with Gasteiger partial charge in [-0.25, -0.2) is 9.37 Å². The van der Waals surface area contributed by atoms with Crippen molar-refractivity contribution >= 4 is 45.0 Å². The fourth-order valence-electron chi connectivity index (χ4n) is 2.48. The van der Waals surface area contributed by atoms with E-state index in [0.29, 0.717) is 35.1 Å². The van der Waals surface area contributed by atoms with Crippen LogP contribution in [0.5, 0.6) is 5.75 Å². The van der Waals surface area contributed by atoms with Crippen molar-refractivity contribution in [1.29, 1.82) is 0 Å². The second-order valence-electron chi connectivity index (χ2n) is 6.10. The second-order valence-corrected chi connectivity index (χ2v) is 7.11. The number of benzene rings is 2. The quantitative estimate of drug-likeness (QED) is 0.615.